The largest absolute Gasteiger partial charge is 0.390 e. The maximum Gasteiger partial charge on any atom is 0.0700 e. The van der Waals surface area contributed by atoms with Crippen molar-refractivity contribution in [1.82, 2.24) is 4.90 Å². The van der Waals surface area contributed by atoms with E-state index in [2.05, 4.69) is 36.1 Å². The fourth-order valence-electron chi connectivity index (χ4n) is 2.69. The summed E-state index contributed by atoms with van der Waals surface area (Å²) in [5, 5.41) is 9.78. The second-order valence-corrected chi connectivity index (χ2v) is 6.77. The van der Waals surface area contributed by atoms with Crippen molar-refractivity contribution in [3.63, 3.8) is 0 Å². The van der Waals surface area contributed by atoms with Gasteiger partial charge < -0.3 is 9.84 Å². The molecular weight excluding hydrogens is 262 g/mol. The van der Waals surface area contributed by atoms with Gasteiger partial charge in [0.2, 0.25) is 0 Å². The quantitative estimate of drug-likeness (QED) is 0.874. The van der Waals surface area contributed by atoms with Gasteiger partial charge in [0.25, 0.3) is 0 Å². The second-order valence-electron chi connectivity index (χ2n) is 6.77. The smallest absolute Gasteiger partial charge is 0.0700 e. The Hall–Kier alpha value is -0.900. The summed E-state index contributed by atoms with van der Waals surface area (Å²) in [6.45, 7) is 9.83. The molecule has 3 nitrogen and oxygen atoms in total. The summed E-state index contributed by atoms with van der Waals surface area (Å²) in [5.74, 6) is 0. The minimum absolute atomic E-state index is 0.393. The van der Waals surface area contributed by atoms with Crippen LogP contribution in [0.25, 0.3) is 0 Å². The van der Waals surface area contributed by atoms with Crippen LogP contribution < -0.4 is 0 Å². The summed E-state index contributed by atoms with van der Waals surface area (Å²) >= 11 is 0. The van der Waals surface area contributed by atoms with Crippen molar-refractivity contribution in [3.8, 4) is 0 Å². The molecule has 0 bridgehead atoms. The highest BCUT2D eigenvalue weighted by molar-refractivity contribution is 5.22. The van der Waals surface area contributed by atoms with Crippen LogP contribution in [-0.2, 0) is 17.7 Å². The molecule has 0 aliphatic carbocycles. The van der Waals surface area contributed by atoms with E-state index in [1.165, 1.54) is 11.1 Å². The summed E-state index contributed by atoms with van der Waals surface area (Å²) < 4.78 is 5.71. The molecule has 1 aromatic carbocycles. The second kappa shape index (κ2) is 7.39. The van der Waals surface area contributed by atoms with Crippen molar-refractivity contribution in [2.45, 2.75) is 58.3 Å². The number of nitrogens with zero attached hydrogens (tertiary/aromatic N) is 1. The highest BCUT2D eigenvalue weighted by atomic mass is 16.5. The summed E-state index contributed by atoms with van der Waals surface area (Å²) in [7, 11) is 0. The number of ether oxygens (including phenoxy) is 1. The van der Waals surface area contributed by atoms with E-state index in [-0.39, 0.29) is 0 Å². The van der Waals surface area contributed by atoms with Crippen LogP contribution in [0.2, 0.25) is 0 Å². The molecule has 1 fully saturated rings. The van der Waals surface area contributed by atoms with Gasteiger partial charge in [-0.05, 0) is 44.2 Å². The van der Waals surface area contributed by atoms with E-state index in [0.29, 0.717) is 6.10 Å². The molecule has 2 rings (SSSR count). The summed E-state index contributed by atoms with van der Waals surface area (Å²) in [6.07, 6.45) is 3.21. The highest BCUT2D eigenvalue weighted by Crippen LogP contribution is 2.16. The Morgan fingerprint density at radius 3 is 2.52 bits per heavy atom. The monoisotopic (exact) mass is 291 g/mol. The summed E-state index contributed by atoms with van der Waals surface area (Å²) in [6, 6.07) is 8.82. The van der Waals surface area contributed by atoms with Gasteiger partial charge in [-0.1, -0.05) is 31.2 Å². The molecule has 1 saturated heterocycles. The SMILES string of the molecule is CC[C@@H]1CN(Cc2ccc(CCC(C)(C)O)cc2)CCO1. The molecule has 118 valence electrons. The van der Waals surface area contributed by atoms with Crippen molar-refractivity contribution in [1.29, 1.82) is 0 Å². The molecule has 3 heteroatoms. The molecule has 21 heavy (non-hydrogen) atoms. The number of aliphatic hydroxyl groups is 1. The zero-order chi connectivity index (χ0) is 15.3. The lowest BCUT2D eigenvalue weighted by molar-refractivity contribution is -0.0324. The minimum atomic E-state index is -0.582. The minimum Gasteiger partial charge on any atom is -0.390 e. The van der Waals surface area contributed by atoms with Gasteiger partial charge in [-0.25, -0.2) is 0 Å². The van der Waals surface area contributed by atoms with E-state index in [0.717, 1.165) is 45.5 Å². The molecule has 0 aromatic heterocycles. The highest BCUT2D eigenvalue weighted by Gasteiger charge is 2.18. The Morgan fingerprint density at radius 2 is 1.90 bits per heavy atom. The Labute approximate surface area is 128 Å². The molecular formula is C18H29NO2. The molecule has 0 saturated carbocycles. The number of hydrogen-bond acceptors (Lipinski definition) is 3. The number of morpholine rings is 1. The fourth-order valence-corrected chi connectivity index (χ4v) is 2.69. The first kappa shape index (κ1) is 16.5. The van der Waals surface area contributed by atoms with E-state index >= 15 is 0 Å². The van der Waals surface area contributed by atoms with Gasteiger partial charge in [-0.15, -0.1) is 0 Å². The van der Waals surface area contributed by atoms with Crippen LogP contribution in [0.15, 0.2) is 24.3 Å². The molecule has 1 aliphatic heterocycles. The average Bonchev–Trinajstić information content (AvgIpc) is 2.46. The van der Waals surface area contributed by atoms with Crippen LogP contribution in [0.1, 0.15) is 44.7 Å². The Bertz CT molecular complexity index is 422. The molecule has 0 spiro atoms. The van der Waals surface area contributed by atoms with Crippen molar-refractivity contribution in [2.75, 3.05) is 19.7 Å². The Balaban J connectivity index is 1.84. The van der Waals surface area contributed by atoms with Crippen molar-refractivity contribution >= 4 is 0 Å². The molecule has 1 atom stereocenters. The summed E-state index contributed by atoms with van der Waals surface area (Å²) in [4.78, 5) is 2.48. The lowest BCUT2D eigenvalue weighted by Gasteiger charge is -2.32. The molecule has 0 unspecified atom stereocenters. The van der Waals surface area contributed by atoms with Crippen LogP contribution in [-0.4, -0.2) is 41.4 Å². The van der Waals surface area contributed by atoms with E-state index in [1.54, 1.807) is 0 Å². The van der Waals surface area contributed by atoms with Crippen LogP contribution in [0.5, 0.6) is 0 Å². The van der Waals surface area contributed by atoms with Crippen molar-refractivity contribution in [2.24, 2.45) is 0 Å². The zero-order valence-corrected chi connectivity index (χ0v) is 13.6. The third kappa shape index (κ3) is 5.77. The third-order valence-corrected chi connectivity index (χ3v) is 4.13. The van der Waals surface area contributed by atoms with Crippen LogP contribution in [0.4, 0.5) is 0 Å². The molecule has 1 heterocycles. The van der Waals surface area contributed by atoms with Gasteiger partial charge in [-0.3, -0.25) is 4.90 Å². The van der Waals surface area contributed by atoms with Gasteiger partial charge in [0, 0.05) is 19.6 Å². The number of aryl methyl sites for hydroxylation is 1. The van der Waals surface area contributed by atoms with Crippen molar-refractivity contribution in [3.05, 3.63) is 35.4 Å². The van der Waals surface area contributed by atoms with Crippen LogP contribution in [0, 0.1) is 0 Å². The van der Waals surface area contributed by atoms with Gasteiger partial charge in [0.15, 0.2) is 0 Å². The standard InChI is InChI=1S/C18H29NO2/c1-4-17-14-19(11-12-21-17)13-16-7-5-15(6-8-16)9-10-18(2,3)20/h5-8,17,20H,4,9-14H2,1-3H3/t17-/m1/s1. The fraction of sp³-hybridized carbons (Fsp3) is 0.667. The van der Waals surface area contributed by atoms with E-state index in [1.807, 2.05) is 13.8 Å². The molecule has 1 aliphatic rings. The van der Waals surface area contributed by atoms with Gasteiger partial charge in [-0.2, -0.15) is 0 Å². The van der Waals surface area contributed by atoms with Gasteiger partial charge in [0.1, 0.15) is 0 Å². The van der Waals surface area contributed by atoms with E-state index in [9.17, 15) is 5.11 Å². The first-order valence-corrected chi connectivity index (χ1v) is 8.10. The van der Waals surface area contributed by atoms with Crippen LogP contribution >= 0.6 is 0 Å². The normalized spacial score (nSPS) is 20.7. The van der Waals surface area contributed by atoms with Crippen LogP contribution in [0.3, 0.4) is 0 Å². The first-order valence-electron chi connectivity index (χ1n) is 8.10. The maximum atomic E-state index is 9.78. The van der Waals surface area contributed by atoms with Gasteiger partial charge in [0.05, 0.1) is 18.3 Å². The van der Waals surface area contributed by atoms with E-state index < -0.39 is 5.60 Å². The number of benzene rings is 1. The predicted octanol–water partition coefficient (Wildman–Crippen LogP) is 3.00. The predicted molar refractivity (Wildman–Crippen MR) is 86.4 cm³/mol. The summed E-state index contributed by atoms with van der Waals surface area (Å²) in [5.41, 5.74) is 2.08. The Morgan fingerprint density at radius 1 is 1.24 bits per heavy atom. The molecule has 1 aromatic rings. The lowest BCUT2D eigenvalue weighted by Crippen LogP contribution is -2.41. The number of hydrogen-bond donors (Lipinski definition) is 1. The Kier molecular flexibility index (Phi) is 5.80. The first-order chi connectivity index (χ1) is 9.96. The maximum absolute atomic E-state index is 9.78. The molecule has 0 radical (unpaired) electrons. The molecule has 0 amide bonds. The van der Waals surface area contributed by atoms with Crippen molar-refractivity contribution < 1.29 is 9.84 Å². The van der Waals surface area contributed by atoms with Gasteiger partial charge >= 0.3 is 0 Å². The number of rotatable bonds is 6. The zero-order valence-electron chi connectivity index (χ0n) is 13.6. The topological polar surface area (TPSA) is 32.7 Å². The molecule has 1 N–H and O–H groups in total. The lowest BCUT2D eigenvalue weighted by atomic mass is 9.98. The van der Waals surface area contributed by atoms with E-state index in [4.69, 9.17) is 4.74 Å². The third-order valence-electron chi connectivity index (χ3n) is 4.13. The average molecular weight is 291 g/mol.